The lowest BCUT2D eigenvalue weighted by Gasteiger charge is -2.37. The van der Waals surface area contributed by atoms with E-state index in [1.54, 1.807) is 0 Å². The van der Waals surface area contributed by atoms with E-state index in [-0.39, 0.29) is 18.0 Å². The van der Waals surface area contributed by atoms with Crippen LogP contribution in [0.2, 0.25) is 0 Å². The molecule has 1 heterocycles. The van der Waals surface area contributed by atoms with Crippen molar-refractivity contribution in [2.75, 3.05) is 19.0 Å². The highest BCUT2D eigenvalue weighted by Gasteiger charge is 2.29. The van der Waals surface area contributed by atoms with Crippen molar-refractivity contribution in [1.82, 2.24) is 4.90 Å². The quantitative estimate of drug-likeness (QED) is 0.523. The van der Waals surface area contributed by atoms with Gasteiger partial charge in [0.05, 0.1) is 5.75 Å². The summed E-state index contributed by atoms with van der Waals surface area (Å²) in [6, 6.07) is 0. The van der Waals surface area contributed by atoms with Gasteiger partial charge < -0.3 is 0 Å². The van der Waals surface area contributed by atoms with E-state index in [0.717, 1.165) is 0 Å². The molecular weight excluding hydrogens is 178 g/mol. The minimum Gasteiger partial charge on any atom is -0.274 e. The Kier molecular flexibility index (Phi) is 2.47. The minimum absolute atomic E-state index is 0.0179. The predicted octanol–water partition coefficient (Wildman–Crippen LogP) is 0.404. The maximum absolute atomic E-state index is 10.9. The molecule has 0 bridgehead atoms. The molecule has 1 saturated heterocycles. The Labute approximate surface area is 73.6 Å². The molecule has 0 N–H and O–H groups in total. The molecule has 72 valence electrons. The zero-order valence-corrected chi connectivity index (χ0v) is 8.52. The van der Waals surface area contributed by atoms with Crippen molar-refractivity contribution in [3.05, 3.63) is 0 Å². The molecule has 1 aliphatic heterocycles. The van der Waals surface area contributed by atoms with Crippen LogP contribution in [0.3, 0.4) is 0 Å². The van der Waals surface area contributed by atoms with E-state index >= 15 is 0 Å². The molecule has 0 saturated carbocycles. The van der Waals surface area contributed by atoms with E-state index in [1.165, 1.54) is 0 Å². The Bertz CT molecular complexity index is 238. The first-order chi connectivity index (χ1) is 5.31. The lowest BCUT2D eigenvalue weighted by atomic mass is 10.1. The molecule has 1 rings (SSSR count). The van der Waals surface area contributed by atoms with Crippen LogP contribution in [0, 0.1) is 0 Å². The second-order valence-corrected chi connectivity index (χ2v) is 5.70. The van der Waals surface area contributed by atoms with E-state index in [1.807, 2.05) is 25.7 Å². The summed E-state index contributed by atoms with van der Waals surface area (Å²) in [5, 5.41) is 0. The topological polar surface area (TPSA) is 46.6 Å². The molecular formula is C7H15NO3S. The molecule has 1 aliphatic rings. The Hall–Kier alpha value is -0.130. The maximum Gasteiger partial charge on any atom is 0.269 e. The normalized spacial score (nSPS) is 25.6. The van der Waals surface area contributed by atoms with Crippen molar-refractivity contribution in [3.63, 3.8) is 0 Å². The number of hydrogen-bond acceptors (Lipinski definition) is 4. The molecule has 0 aliphatic carbocycles. The van der Waals surface area contributed by atoms with Crippen molar-refractivity contribution in [1.29, 1.82) is 0 Å². The lowest BCUT2D eigenvalue weighted by molar-refractivity contribution is 0.0424. The van der Waals surface area contributed by atoms with Crippen molar-refractivity contribution in [2.45, 2.75) is 26.3 Å². The maximum atomic E-state index is 10.9. The van der Waals surface area contributed by atoms with Gasteiger partial charge >= 0.3 is 0 Å². The first-order valence-electron chi connectivity index (χ1n) is 3.93. The molecule has 0 amide bonds. The lowest BCUT2D eigenvalue weighted by Crippen LogP contribution is -2.49. The van der Waals surface area contributed by atoms with E-state index in [4.69, 9.17) is 4.18 Å². The molecule has 0 aromatic rings. The first kappa shape index (κ1) is 9.95. The van der Waals surface area contributed by atoms with Gasteiger partial charge in [-0.15, -0.1) is 0 Å². The second kappa shape index (κ2) is 2.97. The summed E-state index contributed by atoms with van der Waals surface area (Å²) >= 11 is 0. The molecule has 4 nitrogen and oxygen atoms in total. The van der Waals surface area contributed by atoms with Crippen LogP contribution in [0.4, 0.5) is 0 Å². The molecule has 12 heavy (non-hydrogen) atoms. The Morgan fingerprint density at radius 2 is 1.92 bits per heavy atom. The monoisotopic (exact) mass is 193 g/mol. The average molecular weight is 193 g/mol. The summed E-state index contributed by atoms with van der Waals surface area (Å²) in [5.41, 5.74) is -0.0179. The average Bonchev–Trinajstić information content (AvgIpc) is 1.83. The van der Waals surface area contributed by atoms with Gasteiger partial charge in [0.2, 0.25) is 0 Å². The second-order valence-electron chi connectivity index (χ2n) is 3.94. The highest BCUT2D eigenvalue weighted by molar-refractivity contribution is 7.86. The fourth-order valence-electron chi connectivity index (χ4n) is 1.02. The van der Waals surface area contributed by atoms with Gasteiger partial charge in [0, 0.05) is 12.1 Å². The predicted molar refractivity (Wildman–Crippen MR) is 46.2 cm³/mol. The van der Waals surface area contributed by atoms with Gasteiger partial charge in [0.25, 0.3) is 10.1 Å². The van der Waals surface area contributed by atoms with Crippen molar-refractivity contribution >= 4 is 10.1 Å². The molecule has 0 atom stereocenters. The first-order valence-corrected chi connectivity index (χ1v) is 5.51. The zero-order valence-electron chi connectivity index (χ0n) is 7.70. The Morgan fingerprint density at radius 3 is 2.25 bits per heavy atom. The van der Waals surface area contributed by atoms with E-state index < -0.39 is 10.1 Å². The van der Waals surface area contributed by atoms with Crippen molar-refractivity contribution in [2.24, 2.45) is 0 Å². The van der Waals surface area contributed by atoms with Crippen LogP contribution in [0.5, 0.6) is 0 Å². The van der Waals surface area contributed by atoms with Gasteiger partial charge in [0.1, 0.15) is 6.73 Å². The third-order valence-electron chi connectivity index (χ3n) is 1.95. The van der Waals surface area contributed by atoms with Gasteiger partial charge in [-0.25, -0.2) is 0 Å². The molecule has 0 aromatic heterocycles. The zero-order chi connectivity index (χ0) is 9.41. The van der Waals surface area contributed by atoms with Gasteiger partial charge in [-0.2, -0.15) is 8.42 Å². The number of hydrogen-bond donors (Lipinski definition) is 0. The molecule has 5 heteroatoms. The molecule has 0 aromatic carbocycles. The smallest absolute Gasteiger partial charge is 0.269 e. The summed E-state index contributed by atoms with van der Waals surface area (Å²) < 4.78 is 26.5. The third-order valence-corrected chi connectivity index (χ3v) is 3.10. The van der Waals surface area contributed by atoms with Crippen LogP contribution < -0.4 is 0 Å². The Morgan fingerprint density at radius 1 is 1.33 bits per heavy atom. The van der Waals surface area contributed by atoms with Crippen LogP contribution in [-0.4, -0.2) is 37.9 Å². The van der Waals surface area contributed by atoms with Crippen molar-refractivity contribution in [3.8, 4) is 0 Å². The van der Waals surface area contributed by atoms with Crippen LogP contribution in [0.1, 0.15) is 20.8 Å². The van der Waals surface area contributed by atoms with E-state index in [0.29, 0.717) is 6.54 Å². The summed E-state index contributed by atoms with van der Waals surface area (Å²) in [6.07, 6.45) is 0. The van der Waals surface area contributed by atoms with Crippen LogP contribution >= 0.6 is 0 Å². The summed E-state index contributed by atoms with van der Waals surface area (Å²) in [4.78, 5) is 1.99. The van der Waals surface area contributed by atoms with E-state index in [9.17, 15) is 8.42 Å². The number of nitrogens with zero attached hydrogens (tertiary/aromatic N) is 1. The highest BCUT2D eigenvalue weighted by atomic mass is 32.2. The highest BCUT2D eigenvalue weighted by Crippen LogP contribution is 2.17. The summed E-state index contributed by atoms with van der Waals surface area (Å²) in [6.45, 7) is 6.86. The van der Waals surface area contributed by atoms with Gasteiger partial charge in [0.15, 0.2) is 0 Å². The van der Waals surface area contributed by atoms with Crippen LogP contribution in [0.25, 0.3) is 0 Å². The molecule has 0 spiro atoms. The summed E-state index contributed by atoms with van der Waals surface area (Å²) in [5.74, 6) is 0.101. The standard InChI is InChI=1S/C7H15NO3S/c1-7(2,3)8-4-5-12(9,10)11-6-8/h4-6H2,1-3H3. The van der Waals surface area contributed by atoms with Gasteiger partial charge in [-0.3, -0.25) is 9.08 Å². The number of rotatable bonds is 0. The van der Waals surface area contributed by atoms with Crippen LogP contribution in [0.15, 0.2) is 0 Å². The molecule has 1 fully saturated rings. The largest absolute Gasteiger partial charge is 0.274 e. The van der Waals surface area contributed by atoms with Crippen molar-refractivity contribution < 1.29 is 12.6 Å². The summed E-state index contributed by atoms with van der Waals surface area (Å²) in [7, 11) is -3.22. The van der Waals surface area contributed by atoms with Crippen LogP contribution in [-0.2, 0) is 14.3 Å². The SMILES string of the molecule is CC(C)(C)N1CCS(=O)(=O)OC1. The van der Waals surface area contributed by atoms with E-state index in [2.05, 4.69) is 0 Å². The Balaban J connectivity index is 2.58. The minimum atomic E-state index is -3.22. The third kappa shape index (κ3) is 2.43. The van der Waals surface area contributed by atoms with Gasteiger partial charge in [-0.05, 0) is 20.8 Å². The molecule has 0 unspecified atom stereocenters. The van der Waals surface area contributed by atoms with Gasteiger partial charge in [-0.1, -0.05) is 0 Å². The fourth-order valence-corrected chi connectivity index (χ4v) is 1.87. The molecule has 0 radical (unpaired) electrons. The fraction of sp³-hybridized carbons (Fsp3) is 1.00.